The molecule has 2 heterocycles. The fourth-order valence-electron chi connectivity index (χ4n) is 3.84. The molecule has 0 unspecified atom stereocenters. The maximum absolute atomic E-state index is 13.8. The molecule has 0 spiro atoms. The standard InChI is InChI=1S/C27H29ClN6O3S/c1-27(2,3)29-26(36)24(22-9-6-14-38-22)33(16-18-7-5-8-21(15-18)37-4)23(35)17-34-31-25(30-32-34)19-10-12-20(28)13-11-19/h5-15,24H,16-17H2,1-4H3,(H,29,36)/t24-/m1/s1. The Morgan fingerprint density at radius 1 is 1.13 bits per heavy atom. The van der Waals surface area contributed by atoms with Crippen LogP contribution in [0.4, 0.5) is 0 Å². The second kappa shape index (κ2) is 11.7. The molecule has 2 aromatic heterocycles. The van der Waals surface area contributed by atoms with Crippen LogP contribution in [0.5, 0.6) is 5.75 Å². The number of nitrogens with one attached hydrogen (secondary N) is 1. The number of carbonyl (C=O) groups excluding carboxylic acids is 2. The largest absolute Gasteiger partial charge is 0.497 e. The molecular formula is C27H29ClN6O3S. The first-order chi connectivity index (χ1) is 18.1. The van der Waals surface area contributed by atoms with Crippen LogP contribution in [0.3, 0.4) is 0 Å². The number of halogens is 1. The molecule has 0 bridgehead atoms. The van der Waals surface area contributed by atoms with Gasteiger partial charge in [-0.1, -0.05) is 29.8 Å². The Morgan fingerprint density at radius 2 is 1.89 bits per heavy atom. The molecular weight excluding hydrogens is 524 g/mol. The third kappa shape index (κ3) is 6.96. The van der Waals surface area contributed by atoms with Crippen molar-refractivity contribution in [3.63, 3.8) is 0 Å². The summed E-state index contributed by atoms with van der Waals surface area (Å²) in [7, 11) is 1.59. The Morgan fingerprint density at radius 3 is 2.55 bits per heavy atom. The SMILES string of the molecule is COc1cccc(CN(C(=O)Cn2nnc(-c3ccc(Cl)cc3)n2)[C@@H](C(=O)NC(C)(C)C)c2cccs2)c1. The lowest BCUT2D eigenvalue weighted by Gasteiger charge is -2.33. The number of nitrogens with zero attached hydrogens (tertiary/aromatic N) is 5. The van der Waals surface area contributed by atoms with Gasteiger partial charge in [-0.25, -0.2) is 0 Å². The highest BCUT2D eigenvalue weighted by molar-refractivity contribution is 7.10. The monoisotopic (exact) mass is 552 g/mol. The topological polar surface area (TPSA) is 102 Å². The average Bonchev–Trinajstić information content (AvgIpc) is 3.56. The Balaban J connectivity index is 1.67. The van der Waals surface area contributed by atoms with E-state index in [1.54, 1.807) is 36.3 Å². The number of hydrogen-bond acceptors (Lipinski definition) is 7. The summed E-state index contributed by atoms with van der Waals surface area (Å²) in [5.74, 6) is 0.418. The summed E-state index contributed by atoms with van der Waals surface area (Å²) < 4.78 is 5.37. The predicted molar refractivity (Wildman–Crippen MR) is 147 cm³/mol. The fourth-order valence-corrected chi connectivity index (χ4v) is 4.80. The van der Waals surface area contributed by atoms with Gasteiger partial charge in [0.1, 0.15) is 18.3 Å². The van der Waals surface area contributed by atoms with E-state index in [9.17, 15) is 9.59 Å². The van der Waals surface area contributed by atoms with Crippen LogP contribution in [0.15, 0.2) is 66.0 Å². The van der Waals surface area contributed by atoms with Crippen LogP contribution >= 0.6 is 22.9 Å². The Kier molecular flexibility index (Phi) is 8.43. The minimum atomic E-state index is -0.854. The molecule has 0 saturated heterocycles. The minimum Gasteiger partial charge on any atom is -0.497 e. The lowest BCUT2D eigenvalue weighted by molar-refractivity contribution is -0.143. The van der Waals surface area contributed by atoms with Crippen molar-refractivity contribution in [2.24, 2.45) is 0 Å². The van der Waals surface area contributed by atoms with Gasteiger partial charge >= 0.3 is 0 Å². The van der Waals surface area contributed by atoms with Crippen molar-refractivity contribution in [1.29, 1.82) is 0 Å². The van der Waals surface area contributed by atoms with E-state index in [0.717, 1.165) is 16.0 Å². The van der Waals surface area contributed by atoms with Crippen LogP contribution in [0.2, 0.25) is 5.02 Å². The number of aromatic nitrogens is 4. The van der Waals surface area contributed by atoms with Crippen molar-refractivity contribution in [3.05, 3.63) is 81.5 Å². The summed E-state index contributed by atoms with van der Waals surface area (Å²) in [4.78, 5) is 31.0. The lowest BCUT2D eigenvalue weighted by Crippen LogP contribution is -2.49. The maximum atomic E-state index is 13.8. The molecule has 4 aromatic rings. The fraction of sp³-hybridized carbons (Fsp3) is 0.296. The van der Waals surface area contributed by atoms with Gasteiger partial charge in [0.15, 0.2) is 0 Å². The summed E-state index contributed by atoms with van der Waals surface area (Å²) in [5.41, 5.74) is 1.05. The molecule has 1 atom stereocenters. The Hall–Kier alpha value is -3.76. The first-order valence-corrected chi connectivity index (χ1v) is 13.2. The summed E-state index contributed by atoms with van der Waals surface area (Å²) in [6, 6.07) is 17.3. The van der Waals surface area contributed by atoms with E-state index in [-0.39, 0.29) is 24.9 Å². The summed E-state index contributed by atoms with van der Waals surface area (Å²) >= 11 is 7.40. The van der Waals surface area contributed by atoms with E-state index in [2.05, 4.69) is 20.7 Å². The van der Waals surface area contributed by atoms with Gasteiger partial charge in [-0.3, -0.25) is 9.59 Å². The zero-order valence-electron chi connectivity index (χ0n) is 21.6. The smallest absolute Gasteiger partial charge is 0.248 e. The number of thiophene rings is 1. The number of methoxy groups -OCH3 is 1. The first kappa shape index (κ1) is 27.3. The van der Waals surface area contributed by atoms with Gasteiger partial charge in [0.05, 0.1) is 7.11 Å². The number of tetrazole rings is 1. The summed E-state index contributed by atoms with van der Waals surface area (Å²) in [6.45, 7) is 5.69. The molecule has 0 aliphatic heterocycles. The maximum Gasteiger partial charge on any atom is 0.248 e. The van der Waals surface area contributed by atoms with Gasteiger partial charge < -0.3 is 15.0 Å². The number of rotatable bonds is 9. The number of amides is 2. The molecule has 198 valence electrons. The normalized spacial score (nSPS) is 12.1. The van der Waals surface area contributed by atoms with Crippen LogP contribution in [-0.2, 0) is 22.7 Å². The van der Waals surface area contributed by atoms with Gasteiger partial charge in [-0.05, 0) is 79.4 Å². The second-order valence-corrected chi connectivity index (χ2v) is 11.1. The zero-order valence-corrected chi connectivity index (χ0v) is 23.2. The first-order valence-electron chi connectivity index (χ1n) is 11.9. The van der Waals surface area contributed by atoms with E-state index in [1.807, 2.05) is 62.5 Å². The molecule has 2 amide bonds. The van der Waals surface area contributed by atoms with Crippen LogP contribution in [-0.4, -0.2) is 49.6 Å². The molecule has 4 rings (SSSR count). The highest BCUT2D eigenvalue weighted by Crippen LogP contribution is 2.29. The van der Waals surface area contributed by atoms with E-state index >= 15 is 0 Å². The summed E-state index contributed by atoms with van der Waals surface area (Å²) in [5, 5.41) is 18.1. The number of hydrogen-bond donors (Lipinski definition) is 1. The predicted octanol–water partition coefficient (Wildman–Crippen LogP) is 4.75. The van der Waals surface area contributed by atoms with E-state index in [0.29, 0.717) is 16.6 Å². The molecule has 9 nitrogen and oxygen atoms in total. The van der Waals surface area contributed by atoms with Crippen molar-refractivity contribution in [1.82, 2.24) is 30.4 Å². The van der Waals surface area contributed by atoms with E-state index < -0.39 is 11.6 Å². The Bertz CT molecular complexity index is 1380. The molecule has 0 fully saturated rings. The van der Waals surface area contributed by atoms with Crippen molar-refractivity contribution in [3.8, 4) is 17.1 Å². The van der Waals surface area contributed by atoms with Crippen molar-refractivity contribution in [2.45, 2.75) is 45.4 Å². The molecule has 38 heavy (non-hydrogen) atoms. The van der Waals surface area contributed by atoms with Crippen molar-refractivity contribution in [2.75, 3.05) is 7.11 Å². The van der Waals surface area contributed by atoms with Crippen LogP contribution in [0, 0.1) is 0 Å². The molecule has 11 heteroatoms. The van der Waals surface area contributed by atoms with Crippen LogP contribution in [0.25, 0.3) is 11.4 Å². The number of carbonyl (C=O) groups is 2. The molecule has 2 aromatic carbocycles. The lowest BCUT2D eigenvalue weighted by atomic mass is 10.1. The molecule has 0 aliphatic carbocycles. The van der Waals surface area contributed by atoms with Crippen LogP contribution in [0.1, 0.15) is 37.3 Å². The van der Waals surface area contributed by atoms with Crippen LogP contribution < -0.4 is 10.1 Å². The van der Waals surface area contributed by atoms with Gasteiger partial charge in [-0.15, -0.1) is 21.5 Å². The molecule has 0 radical (unpaired) electrons. The van der Waals surface area contributed by atoms with Crippen molar-refractivity contribution >= 4 is 34.8 Å². The van der Waals surface area contributed by atoms with E-state index in [1.165, 1.54) is 16.1 Å². The number of ether oxygens (including phenoxy) is 1. The third-order valence-electron chi connectivity index (χ3n) is 5.51. The number of benzene rings is 2. The zero-order chi connectivity index (χ0) is 27.3. The summed E-state index contributed by atoms with van der Waals surface area (Å²) in [6.07, 6.45) is 0. The Labute approximate surface area is 230 Å². The van der Waals surface area contributed by atoms with Gasteiger partial charge in [-0.2, -0.15) is 4.80 Å². The van der Waals surface area contributed by atoms with E-state index in [4.69, 9.17) is 16.3 Å². The molecule has 0 aliphatic rings. The van der Waals surface area contributed by atoms with Gasteiger partial charge in [0.25, 0.3) is 0 Å². The van der Waals surface area contributed by atoms with Crippen molar-refractivity contribution < 1.29 is 14.3 Å². The highest BCUT2D eigenvalue weighted by atomic mass is 35.5. The quantitative estimate of drug-likeness (QED) is 0.321. The van der Waals surface area contributed by atoms with Gasteiger partial charge in [0, 0.05) is 27.5 Å². The highest BCUT2D eigenvalue weighted by Gasteiger charge is 2.34. The molecule has 0 saturated carbocycles. The minimum absolute atomic E-state index is 0.175. The second-order valence-electron chi connectivity index (χ2n) is 9.68. The average molecular weight is 553 g/mol. The third-order valence-corrected chi connectivity index (χ3v) is 6.69. The van der Waals surface area contributed by atoms with Gasteiger partial charge in [0.2, 0.25) is 17.6 Å². The molecule has 1 N–H and O–H groups in total.